The van der Waals surface area contributed by atoms with Crippen molar-refractivity contribution in [3.63, 3.8) is 0 Å². The maximum Gasteiger partial charge on any atom is 0.342 e. The van der Waals surface area contributed by atoms with Gasteiger partial charge >= 0.3 is 19.6 Å². The van der Waals surface area contributed by atoms with Gasteiger partial charge in [0.1, 0.15) is 54.9 Å². The van der Waals surface area contributed by atoms with E-state index in [9.17, 15) is 29.6 Å². The van der Waals surface area contributed by atoms with E-state index < -0.39 is 62.2 Å². The number of methoxy groups -OCH3 is 1. The van der Waals surface area contributed by atoms with Gasteiger partial charge in [-0.3, -0.25) is 14.2 Å². The van der Waals surface area contributed by atoms with Crippen LogP contribution in [0.3, 0.4) is 0 Å². The third kappa shape index (κ3) is 7.07. The van der Waals surface area contributed by atoms with Crippen molar-refractivity contribution in [2.24, 2.45) is 5.92 Å². The monoisotopic (exact) mass is 611 g/mol. The number of ether oxygens (including phenoxy) is 3. The molecule has 0 saturated carbocycles. The molecule has 232 valence electrons. The SMILES string of the molecule is CCC(CC)COC(=O)[C@H](C)NP(=O)(N[C@@H](C)C(=O)OC)OC[C@@]1(C#N)O[C@@H](c2ccc3c(N)ncnn23)[C@H](O)[C@@H]1O. The average molecular weight is 612 g/mol. The van der Waals surface area contributed by atoms with Crippen molar-refractivity contribution in [3.05, 3.63) is 24.2 Å². The lowest BCUT2D eigenvalue weighted by Gasteiger charge is -2.30. The number of hydrogen-bond acceptors (Lipinski definition) is 13. The minimum atomic E-state index is -4.36. The van der Waals surface area contributed by atoms with Crippen molar-refractivity contribution in [1.82, 2.24) is 24.8 Å². The zero-order valence-electron chi connectivity index (χ0n) is 24.1. The van der Waals surface area contributed by atoms with Gasteiger partial charge in [0.15, 0.2) is 5.82 Å². The third-order valence-corrected chi connectivity index (χ3v) is 9.10. The van der Waals surface area contributed by atoms with Crippen LogP contribution in [0.5, 0.6) is 0 Å². The lowest BCUT2D eigenvalue weighted by Crippen LogP contribution is -2.48. The molecule has 2 aromatic rings. The van der Waals surface area contributed by atoms with Crippen LogP contribution in [0.15, 0.2) is 18.5 Å². The van der Waals surface area contributed by atoms with Crippen molar-refractivity contribution in [2.75, 3.05) is 26.1 Å². The number of nitrogens with zero attached hydrogens (tertiary/aromatic N) is 4. The van der Waals surface area contributed by atoms with Gasteiger partial charge in [0.25, 0.3) is 0 Å². The summed E-state index contributed by atoms with van der Waals surface area (Å²) in [5, 5.41) is 41.0. The van der Waals surface area contributed by atoms with Gasteiger partial charge in [-0.1, -0.05) is 26.7 Å². The summed E-state index contributed by atoms with van der Waals surface area (Å²) in [6.07, 6.45) is -1.93. The van der Waals surface area contributed by atoms with Crippen LogP contribution < -0.4 is 15.9 Å². The molecule has 7 atom stereocenters. The molecule has 0 aromatic carbocycles. The van der Waals surface area contributed by atoms with Gasteiger partial charge in [-0.05, 0) is 31.9 Å². The van der Waals surface area contributed by atoms with Gasteiger partial charge < -0.3 is 34.7 Å². The summed E-state index contributed by atoms with van der Waals surface area (Å²) in [5.74, 6) is -1.20. The van der Waals surface area contributed by atoms with E-state index in [-0.39, 0.29) is 24.0 Å². The molecule has 1 unspecified atom stereocenters. The molecule has 0 radical (unpaired) electrons. The average Bonchev–Trinajstić information content (AvgIpc) is 3.51. The van der Waals surface area contributed by atoms with Crippen LogP contribution in [0, 0.1) is 17.2 Å². The summed E-state index contributed by atoms with van der Waals surface area (Å²) in [6.45, 7) is 6.00. The first-order valence-corrected chi connectivity index (χ1v) is 15.1. The fraction of sp³-hybridized carbons (Fsp3) is 0.640. The number of nitrogen functional groups attached to an aromatic ring is 1. The molecule has 3 rings (SSSR count). The van der Waals surface area contributed by atoms with Crippen LogP contribution in [-0.2, 0) is 32.9 Å². The number of nitriles is 1. The summed E-state index contributed by atoms with van der Waals surface area (Å²) in [5.41, 5.74) is 4.32. The number of esters is 2. The number of nitrogens with two attached hydrogens (primary N) is 1. The molecule has 42 heavy (non-hydrogen) atoms. The maximum atomic E-state index is 13.9. The second-order valence-corrected chi connectivity index (χ2v) is 11.9. The first-order chi connectivity index (χ1) is 19.8. The molecule has 1 aliphatic rings. The fourth-order valence-corrected chi connectivity index (χ4v) is 6.24. The van der Waals surface area contributed by atoms with Gasteiger partial charge in [-0.25, -0.2) is 19.7 Å². The predicted molar refractivity (Wildman–Crippen MR) is 147 cm³/mol. The molecule has 0 amide bonds. The molecule has 1 fully saturated rings. The van der Waals surface area contributed by atoms with E-state index in [0.29, 0.717) is 5.52 Å². The van der Waals surface area contributed by atoms with Crippen LogP contribution >= 0.6 is 7.67 Å². The van der Waals surface area contributed by atoms with Gasteiger partial charge in [-0.15, -0.1) is 0 Å². The number of carbonyl (C=O) groups excluding carboxylic acids is 2. The molecule has 0 spiro atoms. The van der Waals surface area contributed by atoms with E-state index in [1.54, 1.807) is 12.1 Å². The minimum Gasteiger partial charge on any atom is -0.468 e. The Balaban J connectivity index is 1.83. The molecule has 2 aromatic heterocycles. The number of fused-ring (bicyclic) bond motifs is 1. The molecular weight excluding hydrogens is 573 g/mol. The number of aliphatic hydroxyl groups is 2. The highest BCUT2D eigenvalue weighted by molar-refractivity contribution is 7.54. The number of aromatic nitrogens is 3. The van der Waals surface area contributed by atoms with Gasteiger partial charge in [0.05, 0.1) is 19.4 Å². The fourth-order valence-electron chi connectivity index (χ4n) is 4.42. The lowest BCUT2D eigenvalue weighted by atomic mass is 9.96. The standard InChI is InChI=1S/C25H38N7O9P/c1-6-16(7-2)10-39-24(36)15(4)31-42(37,30-14(3)23(35)38-5)40-12-25(11-26)21(34)19(33)20(41-25)17-8-9-18-22(27)28-13-29-32(17)18/h8-9,13-16,19-21,33-34H,6-7,10,12H2,1-5H3,(H2,27,28,29)(H2,30,31,37)/t14-,15-,19-,20-,21-,25+,42?/m0/s1. The highest BCUT2D eigenvalue weighted by Gasteiger charge is 2.57. The van der Waals surface area contributed by atoms with Gasteiger partial charge in [0, 0.05) is 0 Å². The summed E-state index contributed by atoms with van der Waals surface area (Å²) < 4.78 is 36.8. The van der Waals surface area contributed by atoms with Gasteiger partial charge in [0.2, 0.25) is 5.60 Å². The van der Waals surface area contributed by atoms with E-state index in [0.717, 1.165) is 20.0 Å². The van der Waals surface area contributed by atoms with E-state index in [4.69, 9.17) is 19.7 Å². The summed E-state index contributed by atoms with van der Waals surface area (Å²) in [6, 6.07) is 2.57. The Hall–Kier alpha value is -3.16. The maximum absolute atomic E-state index is 13.9. The number of nitrogens with one attached hydrogen (secondary N) is 2. The van der Waals surface area contributed by atoms with E-state index in [2.05, 4.69) is 25.0 Å². The molecule has 0 aliphatic carbocycles. The third-order valence-electron chi connectivity index (χ3n) is 7.15. The zero-order chi connectivity index (χ0) is 31.2. The number of hydrogen-bond donors (Lipinski definition) is 5. The highest BCUT2D eigenvalue weighted by atomic mass is 31.2. The van der Waals surface area contributed by atoms with Crippen LogP contribution in [-0.4, -0.2) is 87.0 Å². The summed E-state index contributed by atoms with van der Waals surface area (Å²) >= 11 is 0. The van der Waals surface area contributed by atoms with Crippen LogP contribution in [0.1, 0.15) is 52.3 Å². The van der Waals surface area contributed by atoms with E-state index in [1.165, 1.54) is 30.8 Å². The smallest absolute Gasteiger partial charge is 0.342 e. The predicted octanol–water partition coefficient (Wildman–Crippen LogP) is 0.600. The van der Waals surface area contributed by atoms with Crippen molar-refractivity contribution < 1.29 is 43.1 Å². The van der Waals surface area contributed by atoms with Crippen molar-refractivity contribution in [3.8, 4) is 6.07 Å². The van der Waals surface area contributed by atoms with Crippen molar-refractivity contribution >= 4 is 30.9 Å². The van der Waals surface area contributed by atoms with E-state index in [1.807, 2.05) is 13.8 Å². The zero-order valence-corrected chi connectivity index (χ0v) is 25.0. The summed E-state index contributed by atoms with van der Waals surface area (Å²) in [4.78, 5) is 28.6. The molecule has 6 N–H and O–H groups in total. The second kappa shape index (κ2) is 13.9. The Labute approximate surface area is 243 Å². The lowest BCUT2D eigenvalue weighted by molar-refractivity contribution is -0.146. The van der Waals surface area contributed by atoms with E-state index >= 15 is 0 Å². The molecule has 16 nitrogen and oxygen atoms in total. The molecule has 1 aliphatic heterocycles. The number of rotatable bonds is 14. The number of anilines is 1. The molecular formula is C25H38N7O9P. The van der Waals surface area contributed by atoms with Crippen molar-refractivity contribution in [2.45, 2.75) is 76.5 Å². The Morgan fingerprint density at radius 3 is 2.48 bits per heavy atom. The molecule has 0 bridgehead atoms. The van der Waals surface area contributed by atoms with Crippen LogP contribution in [0.2, 0.25) is 0 Å². The van der Waals surface area contributed by atoms with Crippen LogP contribution in [0.25, 0.3) is 5.52 Å². The number of carbonyl (C=O) groups is 2. The Kier molecular flexibility index (Phi) is 11.0. The Bertz CT molecular complexity index is 1350. The second-order valence-electron chi connectivity index (χ2n) is 10.0. The first-order valence-electron chi connectivity index (χ1n) is 13.4. The topological polar surface area (TPSA) is 233 Å². The Morgan fingerprint density at radius 1 is 1.24 bits per heavy atom. The minimum absolute atomic E-state index is 0.151. The van der Waals surface area contributed by atoms with Gasteiger partial charge in [-0.2, -0.15) is 10.4 Å². The van der Waals surface area contributed by atoms with Crippen molar-refractivity contribution in [1.29, 1.82) is 5.26 Å². The largest absolute Gasteiger partial charge is 0.468 e. The quantitative estimate of drug-likeness (QED) is 0.145. The first kappa shape index (κ1) is 33.3. The molecule has 17 heteroatoms. The normalized spacial score (nSPS) is 25.1. The molecule has 3 heterocycles. The molecule has 1 saturated heterocycles. The number of aliphatic hydroxyl groups excluding tert-OH is 2. The van der Waals surface area contributed by atoms with Crippen LogP contribution in [0.4, 0.5) is 5.82 Å². The summed E-state index contributed by atoms with van der Waals surface area (Å²) in [7, 11) is -3.23. The highest BCUT2D eigenvalue weighted by Crippen LogP contribution is 2.45. The Morgan fingerprint density at radius 2 is 1.88 bits per heavy atom.